The van der Waals surface area contributed by atoms with Crippen LogP contribution in [-0.4, -0.2) is 58.7 Å². The van der Waals surface area contributed by atoms with Gasteiger partial charge in [-0.3, -0.25) is 0 Å². The van der Waals surface area contributed by atoms with Crippen LogP contribution in [0.4, 0.5) is 0 Å². The number of ether oxygens (including phenoxy) is 4. The highest BCUT2D eigenvalue weighted by Gasteiger charge is 2.73. The molecule has 54 heavy (non-hydrogen) atoms. The maximum absolute atomic E-state index is 8.25. The van der Waals surface area contributed by atoms with Crippen molar-refractivity contribution in [3.8, 4) is 0 Å². The first-order chi connectivity index (χ1) is 26.8. The first-order valence-corrected chi connectivity index (χ1v) is 26.2. The van der Waals surface area contributed by atoms with E-state index in [-0.39, 0.29) is 28.1 Å². The highest BCUT2D eigenvalue weighted by molar-refractivity contribution is 7.60. The first-order valence-electron chi connectivity index (χ1n) is 23.1. The van der Waals surface area contributed by atoms with Gasteiger partial charge in [-0.2, -0.15) is 0 Å². The van der Waals surface area contributed by atoms with Gasteiger partial charge < -0.3 is 18.9 Å². The van der Waals surface area contributed by atoms with Gasteiger partial charge in [-0.1, -0.05) is 154 Å². The summed E-state index contributed by atoms with van der Waals surface area (Å²) in [5.74, 6) is -1.79. The fourth-order valence-corrected chi connectivity index (χ4v) is 22.2. The molecule has 2 aromatic carbocycles. The zero-order chi connectivity index (χ0) is 36.2. The van der Waals surface area contributed by atoms with E-state index in [1.165, 1.54) is 152 Å². The second-order valence-electron chi connectivity index (χ2n) is 18.3. The van der Waals surface area contributed by atoms with Gasteiger partial charge in [0.25, 0.3) is 0 Å². The van der Waals surface area contributed by atoms with Crippen molar-refractivity contribution < 1.29 is 18.9 Å². The largest absolute Gasteiger partial charge is 0.345 e. The van der Waals surface area contributed by atoms with E-state index in [4.69, 9.17) is 18.9 Å². The Morgan fingerprint density at radius 3 is 1.00 bits per heavy atom. The summed E-state index contributed by atoms with van der Waals surface area (Å²) in [6.07, 6.45) is 32.2. The maximum Gasteiger partial charge on any atom is 0.232 e. The molecule has 4 aliphatic carbocycles. The molecule has 0 radical (unpaired) electrons. The van der Waals surface area contributed by atoms with Gasteiger partial charge in [0.1, 0.15) is 12.2 Å². The quantitative estimate of drug-likeness (QED) is 0.250. The van der Waals surface area contributed by atoms with Crippen molar-refractivity contribution >= 4 is 15.8 Å². The molecule has 6 unspecified atom stereocenters. The van der Waals surface area contributed by atoms with E-state index in [1.807, 2.05) is 0 Å². The number of hydrogen-bond donors (Lipinski definition) is 0. The van der Waals surface area contributed by atoms with Crippen molar-refractivity contribution in [2.75, 3.05) is 13.2 Å². The molecule has 2 spiro atoms. The predicted octanol–water partition coefficient (Wildman–Crippen LogP) is 13.6. The molecule has 6 heteroatoms. The molecular weight excluding hydrogens is 702 g/mol. The van der Waals surface area contributed by atoms with Gasteiger partial charge in [0.2, 0.25) is 11.6 Å². The third-order valence-electron chi connectivity index (χ3n) is 15.1. The molecule has 0 bridgehead atoms. The van der Waals surface area contributed by atoms with E-state index in [0.717, 1.165) is 48.7 Å². The lowest BCUT2D eigenvalue weighted by Crippen LogP contribution is -2.76. The topological polar surface area (TPSA) is 36.9 Å². The van der Waals surface area contributed by atoms with E-state index in [0.29, 0.717) is 11.3 Å². The van der Waals surface area contributed by atoms with Crippen LogP contribution in [0.1, 0.15) is 177 Å². The van der Waals surface area contributed by atoms with Crippen molar-refractivity contribution in [3.63, 3.8) is 0 Å². The minimum atomic E-state index is -0.896. The van der Waals surface area contributed by atoms with Crippen molar-refractivity contribution in [2.24, 2.45) is 0 Å². The SMILES string of the molecule is c1ccc(C2OC3(OCCCC3P(C3CCCCC3)C3CCCCC3)C3(OCCCC3P(C3CCCCC3)C3CCCCC3)OC2c2ccccc2)cc1. The summed E-state index contributed by atoms with van der Waals surface area (Å²) in [6.45, 7) is 1.50. The molecule has 3 heterocycles. The van der Waals surface area contributed by atoms with E-state index in [9.17, 15) is 0 Å². The number of fused-ring (bicyclic) bond motifs is 1. The molecule has 4 saturated carbocycles. The summed E-state index contributed by atoms with van der Waals surface area (Å²) >= 11 is 0. The average Bonchev–Trinajstić information content (AvgIpc) is 3.25. The van der Waals surface area contributed by atoms with Crippen LogP contribution >= 0.6 is 15.8 Å². The smallest absolute Gasteiger partial charge is 0.232 e. The standard InChI is InChI=1S/C48H70O4P2/c1-7-21-37(22-8-1)45-46(38-23-9-2-10-24-38)52-48(44(34-20-36-50-48)54(41-29-15-5-16-30-41)42-31-17-6-18-32-42)47(51-45)43(33-19-35-49-47)53(39-25-11-3-12-26-39)40-27-13-4-14-28-40/h1-2,7-10,21-24,39-46H,3-6,11-20,25-36H2. The van der Waals surface area contributed by atoms with E-state index in [1.54, 1.807) is 0 Å². The van der Waals surface area contributed by atoms with Gasteiger partial charge in [-0.05, 0) is 111 Å². The van der Waals surface area contributed by atoms with E-state index >= 15 is 0 Å². The van der Waals surface area contributed by atoms with Crippen LogP contribution in [0.5, 0.6) is 0 Å². The Balaban J connectivity index is 1.24. The molecule has 2 aromatic rings. The molecule has 0 aromatic heterocycles. The Labute approximate surface area is 330 Å². The molecule has 0 amide bonds. The zero-order valence-electron chi connectivity index (χ0n) is 33.3. The Bertz CT molecular complexity index is 1290. The molecule has 6 atom stereocenters. The number of rotatable bonds is 8. The highest BCUT2D eigenvalue weighted by atomic mass is 31.1. The van der Waals surface area contributed by atoms with Crippen molar-refractivity contribution in [1.82, 2.24) is 0 Å². The Morgan fingerprint density at radius 2 is 0.685 bits per heavy atom. The van der Waals surface area contributed by atoms with Gasteiger partial charge in [0.05, 0.1) is 13.2 Å². The molecule has 3 aliphatic heterocycles. The predicted molar refractivity (Wildman–Crippen MR) is 225 cm³/mol. The summed E-state index contributed by atoms with van der Waals surface area (Å²) in [4.78, 5) is 0. The summed E-state index contributed by atoms with van der Waals surface area (Å²) < 4.78 is 31.9. The molecule has 9 rings (SSSR count). The first kappa shape index (κ1) is 38.6. The fourth-order valence-electron chi connectivity index (χ4n) is 12.7. The van der Waals surface area contributed by atoms with Crippen LogP contribution in [0.25, 0.3) is 0 Å². The van der Waals surface area contributed by atoms with Crippen LogP contribution in [0.3, 0.4) is 0 Å². The van der Waals surface area contributed by atoms with Crippen molar-refractivity contribution in [2.45, 2.75) is 212 Å². The lowest BCUT2D eigenvalue weighted by atomic mass is 9.85. The van der Waals surface area contributed by atoms with Gasteiger partial charge in [-0.25, -0.2) is 0 Å². The fraction of sp³-hybridized carbons (Fsp3) is 0.750. The minimum Gasteiger partial charge on any atom is -0.345 e. The third-order valence-corrected chi connectivity index (χ3v) is 23.2. The van der Waals surface area contributed by atoms with Crippen LogP contribution in [-0.2, 0) is 18.9 Å². The van der Waals surface area contributed by atoms with Crippen LogP contribution in [0, 0.1) is 0 Å². The second-order valence-corrected chi connectivity index (χ2v) is 24.3. The Kier molecular flexibility index (Phi) is 12.9. The Hall–Kier alpha value is -0.860. The molecule has 296 valence electrons. The van der Waals surface area contributed by atoms with Gasteiger partial charge >= 0.3 is 0 Å². The molecule has 4 nitrogen and oxygen atoms in total. The lowest BCUT2D eigenvalue weighted by Gasteiger charge is -2.66. The monoisotopic (exact) mass is 772 g/mol. The summed E-state index contributed by atoms with van der Waals surface area (Å²) in [6, 6.07) is 22.2. The van der Waals surface area contributed by atoms with Crippen molar-refractivity contribution in [1.29, 1.82) is 0 Å². The maximum atomic E-state index is 8.25. The second kappa shape index (κ2) is 18.0. The minimum absolute atomic E-state index is 0.254. The summed E-state index contributed by atoms with van der Waals surface area (Å²) in [5, 5.41) is 0. The van der Waals surface area contributed by atoms with Crippen LogP contribution < -0.4 is 0 Å². The van der Waals surface area contributed by atoms with E-state index < -0.39 is 11.6 Å². The highest BCUT2D eigenvalue weighted by Crippen LogP contribution is 2.73. The van der Waals surface area contributed by atoms with E-state index in [2.05, 4.69) is 60.7 Å². The molecule has 7 aliphatic rings. The van der Waals surface area contributed by atoms with Gasteiger partial charge in [-0.15, -0.1) is 0 Å². The number of hydrogen-bond acceptors (Lipinski definition) is 4. The third kappa shape index (κ3) is 7.59. The van der Waals surface area contributed by atoms with Crippen molar-refractivity contribution in [3.05, 3.63) is 71.8 Å². The zero-order valence-corrected chi connectivity index (χ0v) is 35.1. The molecular formula is C48H70O4P2. The number of benzene rings is 2. The molecule has 7 fully saturated rings. The molecule has 0 N–H and O–H groups in total. The summed E-state index contributed by atoms with van der Waals surface area (Å²) in [5.41, 5.74) is 6.33. The lowest BCUT2D eigenvalue weighted by molar-refractivity contribution is -0.481. The Morgan fingerprint density at radius 1 is 0.370 bits per heavy atom. The van der Waals surface area contributed by atoms with Crippen LogP contribution in [0.15, 0.2) is 60.7 Å². The van der Waals surface area contributed by atoms with Crippen LogP contribution in [0.2, 0.25) is 0 Å². The van der Waals surface area contributed by atoms with Gasteiger partial charge in [0.15, 0.2) is 0 Å². The average molecular weight is 773 g/mol. The normalized spacial score (nSPS) is 35.6. The molecule has 3 saturated heterocycles. The summed E-state index contributed by atoms with van der Waals surface area (Å²) in [7, 11) is -0.728. The van der Waals surface area contributed by atoms with Gasteiger partial charge in [0, 0.05) is 11.3 Å².